The summed E-state index contributed by atoms with van der Waals surface area (Å²) in [5.41, 5.74) is 0.496. The van der Waals surface area contributed by atoms with E-state index < -0.39 is 36.1 Å². The summed E-state index contributed by atoms with van der Waals surface area (Å²) in [6, 6.07) is 5.29. The second kappa shape index (κ2) is 10.6. The van der Waals surface area contributed by atoms with Crippen LogP contribution in [0.4, 0.5) is 36.8 Å². The van der Waals surface area contributed by atoms with Crippen molar-refractivity contribution >= 4 is 11.8 Å². The Morgan fingerprint density at radius 2 is 1.47 bits per heavy atom. The second-order valence-corrected chi connectivity index (χ2v) is 9.44. The van der Waals surface area contributed by atoms with Crippen LogP contribution in [0.5, 0.6) is 0 Å². The van der Waals surface area contributed by atoms with Crippen LogP contribution >= 0.6 is 0 Å². The molecule has 10 heteroatoms. The van der Waals surface area contributed by atoms with E-state index in [0.29, 0.717) is 17.7 Å². The maximum Gasteiger partial charge on any atom is 0.416 e. The molecule has 0 aromatic heterocycles. The van der Waals surface area contributed by atoms with E-state index in [0.717, 1.165) is 48.4 Å². The summed E-state index contributed by atoms with van der Waals surface area (Å²) in [6.07, 6.45) is -7.87. The quantitative estimate of drug-likeness (QED) is 0.369. The Morgan fingerprint density at radius 3 is 1.94 bits per heavy atom. The Kier molecular flexibility index (Phi) is 8.15. The standard InChI is InChI=1S/C26H30F6N2O2/c1-4-8-34(16(2)3)23-12-19-7-5-6-18(19)11-20(23)15-33(24(35)36)14-17-9-21(25(27,28)29)13-22(10-17)26(30,31)32/h9-13,16H,4-8,14-15H2,1-3H3,(H,35,36). The number of aryl methyl sites for hydroxylation is 2. The lowest BCUT2D eigenvalue weighted by Gasteiger charge is -2.32. The van der Waals surface area contributed by atoms with E-state index in [1.54, 1.807) is 0 Å². The fourth-order valence-electron chi connectivity index (χ4n) is 4.68. The van der Waals surface area contributed by atoms with E-state index in [2.05, 4.69) is 11.0 Å². The molecule has 0 heterocycles. The third kappa shape index (κ3) is 6.44. The predicted octanol–water partition coefficient (Wildman–Crippen LogP) is 7.52. The molecule has 0 saturated carbocycles. The van der Waals surface area contributed by atoms with Crippen LogP contribution in [-0.4, -0.2) is 28.7 Å². The molecule has 2 aromatic carbocycles. The van der Waals surface area contributed by atoms with Gasteiger partial charge < -0.3 is 10.0 Å². The third-order valence-electron chi connectivity index (χ3n) is 6.34. The maximum atomic E-state index is 13.3. The number of halogens is 6. The number of alkyl halides is 6. The van der Waals surface area contributed by atoms with Crippen LogP contribution in [0.2, 0.25) is 0 Å². The molecular weight excluding hydrogens is 486 g/mol. The number of anilines is 1. The van der Waals surface area contributed by atoms with Gasteiger partial charge in [0.25, 0.3) is 0 Å². The normalized spacial score (nSPS) is 13.7. The van der Waals surface area contributed by atoms with E-state index in [4.69, 9.17) is 0 Å². The van der Waals surface area contributed by atoms with Crippen LogP contribution < -0.4 is 4.90 Å². The Hall–Kier alpha value is -2.91. The van der Waals surface area contributed by atoms with E-state index in [-0.39, 0.29) is 24.2 Å². The van der Waals surface area contributed by atoms with Crippen molar-refractivity contribution in [1.82, 2.24) is 4.90 Å². The van der Waals surface area contributed by atoms with Gasteiger partial charge in [0.2, 0.25) is 0 Å². The Labute approximate surface area is 206 Å². The van der Waals surface area contributed by atoms with E-state index in [9.17, 15) is 36.2 Å². The van der Waals surface area contributed by atoms with Gasteiger partial charge in [0.1, 0.15) is 0 Å². The van der Waals surface area contributed by atoms with Gasteiger partial charge in [0.05, 0.1) is 17.7 Å². The molecule has 4 nitrogen and oxygen atoms in total. The fourth-order valence-corrected chi connectivity index (χ4v) is 4.68. The van der Waals surface area contributed by atoms with Crippen molar-refractivity contribution in [2.75, 3.05) is 11.4 Å². The summed E-state index contributed by atoms with van der Waals surface area (Å²) in [4.78, 5) is 15.1. The molecule has 0 bridgehead atoms. The van der Waals surface area contributed by atoms with Crippen molar-refractivity contribution in [1.29, 1.82) is 0 Å². The summed E-state index contributed by atoms with van der Waals surface area (Å²) >= 11 is 0. The van der Waals surface area contributed by atoms with Crippen molar-refractivity contribution in [3.05, 3.63) is 63.7 Å². The monoisotopic (exact) mass is 516 g/mol. The maximum absolute atomic E-state index is 13.3. The van der Waals surface area contributed by atoms with Crippen molar-refractivity contribution in [2.24, 2.45) is 0 Å². The van der Waals surface area contributed by atoms with Crippen LogP contribution in [0, 0.1) is 0 Å². The van der Waals surface area contributed by atoms with Crippen molar-refractivity contribution in [3.63, 3.8) is 0 Å². The number of carboxylic acid groups (broad SMARTS) is 1. The molecule has 198 valence electrons. The van der Waals surface area contributed by atoms with Crippen LogP contribution in [0.3, 0.4) is 0 Å². The van der Waals surface area contributed by atoms with Crippen LogP contribution in [-0.2, 0) is 38.3 Å². The molecule has 1 N–H and O–H groups in total. The Bertz CT molecular complexity index is 1060. The topological polar surface area (TPSA) is 43.8 Å². The molecule has 1 amide bonds. The summed E-state index contributed by atoms with van der Waals surface area (Å²) in [7, 11) is 0. The minimum atomic E-state index is -5.00. The molecule has 2 aromatic rings. The molecule has 36 heavy (non-hydrogen) atoms. The Morgan fingerprint density at radius 1 is 0.917 bits per heavy atom. The van der Waals surface area contributed by atoms with Gasteiger partial charge in [-0.1, -0.05) is 13.0 Å². The van der Waals surface area contributed by atoms with Crippen molar-refractivity contribution < 1.29 is 36.2 Å². The molecule has 0 spiro atoms. The van der Waals surface area contributed by atoms with Crippen LogP contribution in [0.25, 0.3) is 0 Å². The zero-order chi connectivity index (χ0) is 26.8. The first kappa shape index (κ1) is 27.7. The molecular formula is C26H30F6N2O2. The molecule has 0 atom stereocenters. The number of carbonyl (C=O) groups is 1. The molecule has 0 aliphatic heterocycles. The first-order valence-electron chi connectivity index (χ1n) is 11.9. The number of nitrogens with zero attached hydrogens (tertiary/aromatic N) is 2. The van der Waals surface area contributed by atoms with Gasteiger partial charge in [-0.2, -0.15) is 26.3 Å². The van der Waals surface area contributed by atoms with Crippen LogP contribution in [0.1, 0.15) is 67.0 Å². The van der Waals surface area contributed by atoms with Gasteiger partial charge in [-0.3, -0.25) is 4.90 Å². The number of fused-ring (bicyclic) bond motifs is 1. The Balaban J connectivity index is 2.03. The predicted molar refractivity (Wildman–Crippen MR) is 125 cm³/mol. The van der Waals surface area contributed by atoms with E-state index in [1.165, 1.54) is 5.56 Å². The van der Waals surface area contributed by atoms with Crippen LogP contribution in [0.15, 0.2) is 30.3 Å². The first-order chi connectivity index (χ1) is 16.7. The van der Waals surface area contributed by atoms with Gasteiger partial charge in [0, 0.05) is 24.8 Å². The highest BCUT2D eigenvalue weighted by Gasteiger charge is 2.37. The molecule has 0 fully saturated rings. The summed E-state index contributed by atoms with van der Waals surface area (Å²) in [6.45, 7) is 6.00. The highest BCUT2D eigenvalue weighted by molar-refractivity contribution is 5.67. The molecule has 1 aliphatic rings. The third-order valence-corrected chi connectivity index (χ3v) is 6.34. The van der Waals surface area contributed by atoms with Crippen molar-refractivity contribution in [3.8, 4) is 0 Å². The SMILES string of the molecule is CCCN(c1cc2c(cc1CN(Cc1cc(C(F)(F)F)cc(C(F)(F)F)c1)C(=O)O)CCC2)C(C)C. The van der Waals surface area contributed by atoms with E-state index in [1.807, 2.05) is 26.8 Å². The van der Waals surface area contributed by atoms with Crippen molar-refractivity contribution in [2.45, 2.75) is 77.9 Å². The van der Waals surface area contributed by atoms with Gasteiger partial charge in [0.15, 0.2) is 0 Å². The largest absolute Gasteiger partial charge is 0.465 e. The second-order valence-electron chi connectivity index (χ2n) is 9.44. The number of rotatable bonds is 8. The van der Waals surface area contributed by atoms with Gasteiger partial charge in [-0.15, -0.1) is 0 Å². The lowest BCUT2D eigenvalue weighted by atomic mass is 10.0. The molecule has 1 aliphatic carbocycles. The number of hydrogen-bond acceptors (Lipinski definition) is 2. The summed E-state index contributed by atoms with van der Waals surface area (Å²) in [5, 5.41) is 9.86. The smallest absolute Gasteiger partial charge is 0.416 e. The highest BCUT2D eigenvalue weighted by atomic mass is 19.4. The average molecular weight is 517 g/mol. The first-order valence-corrected chi connectivity index (χ1v) is 11.9. The molecule has 0 radical (unpaired) electrons. The molecule has 0 unspecified atom stereocenters. The highest BCUT2D eigenvalue weighted by Crippen LogP contribution is 2.37. The zero-order valence-electron chi connectivity index (χ0n) is 20.4. The fraction of sp³-hybridized carbons (Fsp3) is 0.500. The molecule has 0 saturated heterocycles. The summed E-state index contributed by atoms with van der Waals surface area (Å²) < 4.78 is 79.8. The number of amides is 1. The average Bonchev–Trinajstić information content (AvgIpc) is 3.22. The number of benzene rings is 2. The number of hydrogen-bond donors (Lipinski definition) is 1. The van der Waals surface area contributed by atoms with E-state index >= 15 is 0 Å². The minimum absolute atomic E-state index is 0.0402. The lowest BCUT2D eigenvalue weighted by Crippen LogP contribution is -2.34. The van der Waals surface area contributed by atoms with Gasteiger partial charge in [-0.05, 0) is 86.1 Å². The lowest BCUT2D eigenvalue weighted by molar-refractivity contribution is -0.143. The minimum Gasteiger partial charge on any atom is -0.465 e. The van der Waals surface area contributed by atoms with Gasteiger partial charge >= 0.3 is 18.4 Å². The summed E-state index contributed by atoms with van der Waals surface area (Å²) in [5.74, 6) is 0. The molecule has 3 rings (SSSR count). The van der Waals surface area contributed by atoms with Gasteiger partial charge in [-0.25, -0.2) is 4.79 Å². The zero-order valence-corrected chi connectivity index (χ0v) is 20.4.